The van der Waals surface area contributed by atoms with E-state index in [2.05, 4.69) is 0 Å². The zero-order chi connectivity index (χ0) is 14.2. The lowest BCUT2D eigenvalue weighted by molar-refractivity contribution is -0.157. The summed E-state index contributed by atoms with van der Waals surface area (Å²) in [7, 11) is 0. The minimum Gasteiger partial charge on any atom is -0.480 e. The van der Waals surface area contributed by atoms with E-state index in [9.17, 15) is 14.4 Å². The minimum absolute atomic E-state index is 0.273. The van der Waals surface area contributed by atoms with E-state index < -0.39 is 34.7 Å². The summed E-state index contributed by atoms with van der Waals surface area (Å²) in [6.07, 6.45) is 0.964. The third kappa shape index (κ3) is 1.10. The zero-order valence-corrected chi connectivity index (χ0v) is 11.2. The number of amides is 2. The van der Waals surface area contributed by atoms with Crippen molar-refractivity contribution in [3.63, 3.8) is 0 Å². The highest BCUT2D eigenvalue weighted by atomic mass is 16.5. The summed E-state index contributed by atoms with van der Waals surface area (Å²) in [6.45, 7) is 4.85. The Morgan fingerprint density at radius 1 is 1.26 bits per heavy atom. The molecular weight excluding hydrogens is 250 g/mol. The molecule has 3 heterocycles. The SMILES string of the molecule is CC(C(=O)O)N1C(=O)[C@@]2(C)[C@@H]3CC[C@@H](O3)[C@@]2(C)C1=O. The van der Waals surface area contributed by atoms with Gasteiger partial charge in [-0.3, -0.25) is 14.5 Å². The molecule has 0 aromatic rings. The van der Waals surface area contributed by atoms with E-state index in [1.165, 1.54) is 6.92 Å². The lowest BCUT2D eigenvalue weighted by Crippen LogP contribution is -2.48. The Balaban J connectivity index is 2.10. The molecule has 0 saturated carbocycles. The van der Waals surface area contributed by atoms with E-state index in [0.717, 1.165) is 17.7 Å². The molecule has 0 aromatic carbocycles. The number of likely N-dealkylation sites (tertiary alicyclic amines) is 1. The number of ether oxygens (including phenoxy) is 1. The normalized spacial score (nSPS) is 45.7. The van der Waals surface area contributed by atoms with Crippen molar-refractivity contribution in [1.82, 2.24) is 4.90 Å². The summed E-state index contributed by atoms with van der Waals surface area (Å²) in [4.78, 5) is 37.3. The molecule has 3 rings (SSSR count). The number of hydrogen-bond donors (Lipinski definition) is 1. The molecule has 0 radical (unpaired) electrons. The maximum absolute atomic E-state index is 12.6. The zero-order valence-electron chi connectivity index (χ0n) is 11.2. The van der Waals surface area contributed by atoms with Gasteiger partial charge in [-0.15, -0.1) is 0 Å². The number of carbonyl (C=O) groups excluding carboxylic acids is 2. The molecule has 3 saturated heterocycles. The van der Waals surface area contributed by atoms with Gasteiger partial charge >= 0.3 is 5.97 Å². The van der Waals surface area contributed by atoms with Gasteiger partial charge in [-0.25, -0.2) is 4.79 Å². The Morgan fingerprint density at radius 2 is 1.68 bits per heavy atom. The van der Waals surface area contributed by atoms with E-state index in [4.69, 9.17) is 9.84 Å². The number of carbonyl (C=O) groups is 3. The van der Waals surface area contributed by atoms with Crippen molar-refractivity contribution in [2.75, 3.05) is 0 Å². The molecule has 5 atom stereocenters. The molecule has 6 nitrogen and oxygen atoms in total. The van der Waals surface area contributed by atoms with Crippen LogP contribution in [0.5, 0.6) is 0 Å². The number of aliphatic carboxylic acids is 1. The van der Waals surface area contributed by atoms with Gasteiger partial charge in [-0.1, -0.05) is 0 Å². The van der Waals surface area contributed by atoms with Gasteiger partial charge < -0.3 is 9.84 Å². The van der Waals surface area contributed by atoms with E-state index in [0.29, 0.717) is 0 Å². The largest absolute Gasteiger partial charge is 0.480 e. The monoisotopic (exact) mass is 267 g/mol. The van der Waals surface area contributed by atoms with Crippen LogP contribution < -0.4 is 0 Å². The summed E-state index contributed by atoms with van der Waals surface area (Å²) in [5.74, 6) is -1.97. The second kappa shape index (κ2) is 3.36. The van der Waals surface area contributed by atoms with Gasteiger partial charge in [0.1, 0.15) is 6.04 Å². The van der Waals surface area contributed by atoms with Gasteiger partial charge in [0.15, 0.2) is 0 Å². The highest BCUT2D eigenvalue weighted by molar-refractivity contribution is 6.12. The van der Waals surface area contributed by atoms with E-state index in [-0.39, 0.29) is 12.2 Å². The molecule has 1 N–H and O–H groups in total. The van der Waals surface area contributed by atoms with Crippen LogP contribution in [0.2, 0.25) is 0 Å². The molecule has 0 aromatic heterocycles. The van der Waals surface area contributed by atoms with E-state index in [1.54, 1.807) is 13.8 Å². The third-order valence-corrected chi connectivity index (χ3v) is 5.46. The first-order valence-electron chi connectivity index (χ1n) is 6.52. The number of carboxylic acid groups (broad SMARTS) is 1. The van der Waals surface area contributed by atoms with Crippen LogP contribution in [-0.2, 0) is 19.1 Å². The van der Waals surface area contributed by atoms with Crippen LogP contribution in [0.4, 0.5) is 0 Å². The summed E-state index contributed by atoms with van der Waals surface area (Å²) in [5.41, 5.74) is -1.84. The predicted octanol–water partition coefficient (Wildman–Crippen LogP) is 0.402. The maximum atomic E-state index is 12.6. The van der Waals surface area contributed by atoms with Crippen LogP contribution in [0.1, 0.15) is 33.6 Å². The Kier molecular flexibility index (Phi) is 2.23. The van der Waals surface area contributed by atoms with Crippen molar-refractivity contribution < 1.29 is 24.2 Å². The van der Waals surface area contributed by atoms with Gasteiger partial charge in [-0.05, 0) is 33.6 Å². The molecule has 6 heteroatoms. The van der Waals surface area contributed by atoms with Gasteiger partial charge in [0, 0.05) is 0 Å². The first-order valence-corrected chi connectivity index (χ1v) is 6.52. The van der Waals surface area contributed by atoms with Crippen LogP contribution in [0, 0.1) is 10.8 Å². The van der Waals surface area contributed by atoms with Crippen molar-refractivity contribution >= 4 is 17.8 Å². The Morgan fingerprint density at radius 3 is 2.05 bits per heavy atom. The third-order valence-electron chi connectivity index (χ3n) is 5.46. The Bertz CT molecular complexity index is 469. The highest BCUT2D eigenvalue weighted by Gasteiger charge is 2.77. The number of fused-ring (bicyclic) bond motifs is 5. The topological polar surface area (TPSA) is 83.9 Å². The molecule has 2 bridgehead atoms. The summed E-state index contributed by atoms with van der Waals surface area (Å²) >= 11 is 0. The molecule has 1 unspecified atom stereocenters. The number of nitrogens with zero attached hydrogens (tertiary/aromatic N) is 1. The van der Waals surface area contributed by atoms with Crippen LogP contribution in [0.25, 0.3) is 0 Å². The van der Waals surface area contributed by atoms with Crippen LogP contribution in [0.15, 0.2) is 0 Å². The fraction of sp³-hybridized carbons (Fsp3) is 0.769. The van der Waals surface area contributed by atoms with Crippen molar-refractivity contribution in [3.8, 4) is 0 Å². The molecule has 104 valence electrons. The average Bonchev–Trinajstić information content (AvgIpc) is 2.95. The Hall–Kier alpha value is -1.43. The van der Waals surface area contributed by atoms with E-state index in [1.807, 2.05) is 0 Å². The predicted molar refractivity (Wildman–Crippen MR) is 63.1 cm³/mol. The molecular formula is C13H17NO5. The molecule has 3 aliphatic heterocycles. The van der Waals surface area contributed by atoms with E-state index >= 15 is 0 Å². The highest BCUT2D eigenvalue weighted by Crippen LogP contribution is 2.64. The lowest BCUT2D eigenvalue weighted by Gasteiger charge is -2.36. The fourth-order valence-corrected chi connectivity index (χ4v) is 3.93. The fourth-order valence-electron chi connectivity index (χ4n) is 3.93. The van der Waals surface area contributed by atoms with Crippen LogP contribution >= 0.6 is 0 Å². The minimum atomic E-state index is -1.16. The molecule has 3 fully saturated rings. The number of rotatable bonds is 2. The van der Waals surface area contributed by atoms with Crippen LogP contribution in [0.3, 0.4) is 0 Å². The van der Waals surface area contributed by atoms with Gasteiger partial charge in [0.25, 0.3) is 0 Å². The molecule has 3 aliphatic rings. The van der Waals surface area contributed by atoms with Gasteiger partial charge in [0.2, 0.25) is 11.8 Å². The second-order valence-corrected chi connectivity index (χ2v) is 6.09. The van der Waals surface area contributed by atoms with Crippen molar-refractivity contribution in [1.29, 1.82) is 0 Å². The van der Waals surface area contributed by atoms with Crippen LogP contribution in [-0.4, -0.2) is 46.0 Å². The molecule has 19 heavy (non-hydrogen) atoms. The summed E-state index contributed by atoms with van der Waals surface area (Å²) in [6, 6.07) is -1.13. The number of hydrogen-bond acceptors (Lipinski definition) is 4. The summed E-state index contributed by atoms with van der Waals surface area (Å²) < 4.78 is 5.76. The summed E-state index contributed by atoms with van der Waals surface area (Å²) in [5, 5.41) is 9.08. The first kappa shape index (κ1) is 12.6. The molecule has 0 spiro atoms. The lowest BCUT2D eigenvalue weighted by atomic mass is 9.59. The van der Waals surface area contributed by atoms with Crippen molar-refractivity contribution in [2.45, 2.75) is 51.9 Å². The maximum Gasteiger partial charge on any atom is 0.326 e. The van der Waals surface area contributed by atoms with Gasteiger partial charge in [-0.2, -0.15) is 0 Å². The average molecular weight is 267 g/mol. The quantitative estimate of drug-likeness (QED) is 0.732. The smallest absolute Gasteiger partial charge is 0.326 e. The first-order chi connectivity index (χ1) is 8.76. The van der Waals surface area contributed by atoms with Crippen molar-refractivity contribution in [2.24, 2.45) is 10.8 Å². The number of carboxylic acids is 1. The number of imide groups is 1. The molecule has 2 amide bonds. The molecule has 0 aliphatic carbocycles. The Labute approximate surface area is 110 Å². The second-order valence-electron chi connectivity index (χ2n) is 6.09. The standard InChI is InChI=1S/C13H17NO5/c1-6(9(15)16)14-10(17)12(2)7-4-5-8(19-7)13(12,3)11(14)18/h6-8H,4-5H2,1-3H3,(H,15,16)/t6?,7-,8+,12+,13-. The van der Waals surface area contributed by atoms with Gasteiger partial charge in [0.05, 0.1) is 23.0 Å². The van der Waals surface area contributed by atoms with Crippen molar-refractivity contribution in [3.05, 3.63) is 0 Å².